The third-order valence-electron chi connectivity index (χ3n) is 4.55. The maximum absolute atomic E-state index is 13.1. The lowest BCUT2D eigenvalue weighted by Crippen LogP contribution is -2.08. The van der Waals surface area contributed by atoms with E-state index < -0.39 is 11.9 Å². The van der Waals surface area contributed by atoms with Crippen LogP contribution in [0.4, 0.5) is 19.0 Å². The van der Waals surface area contributed by atoms with Crippen molar-refractivity contribution in [1.82, 2.24) is 14.8 Å². The van der Waals surface area contributed by atoms with Crippen LogP contribution < -0.4 is 5.32 Å². The molecule has 1 amide bonds. The van der Waals surface area contributed by atoms with Crippen LogP contribution in [0.1, 0.15) is 37.1 Å². The highest BCUT2D eigenvalue weighted by molar-refractivity contribution is 5.92. The van der Waals surface area contributed by atoms with Gasteiger partial charge in [-0.25, -0.2) is 9.67 Å². The van der Waals surface area contributed by atoms with Crippen LogP contribution in [0, 0.1) is 0 Å². The maximum atomic E-state index is 13.1. The molecule has 0 bridgehead atoms. The molecule has 1 fully saturated rings. The molecule has 0 saturated heterocycles. The zero-order valence-corrected chi connectivity index (χ0v) is 16.2. The van der Waals surface area contributed by atoms with E-state index in [4.69, 9.17) is 0 Å². The minimum atomic E-state index is -4.47. The van der Waals surface area contributed by atoms with Crippen molar-refractivity contribution in [3.8, 4) is 16.8 Å². The number of carbonyl (C=O) groups is 1. The largest absolute Gasteiger partial charge is 0.435 e. The van der Waals surface area contributed by atoms with Crippen molar-refractivity contribution >= 4 is 24.1 Å². The molecule has 0 unspecified atom stereocenters. The lowest BCUT2D eigenvalue weighted by atomic mass is 10.1. The van der Waals surface area contributed by atoms with Crippen molar-refractivity contribution in [3.63, 3.8) is 0 Å². The molecule has 2 aromatic heterocycles. The van der Waals surface area contributed by atoms with Gasteiger partial charge in [0.05, 0.1) is 5.69 Å². The average Bonchev–Trinajstić information content (AvgIpc) is 3.39. The summed E-state index contributed by atoms with van der Waals surface area (Å²) in [5, 5.41) is 6.47. The molecule has 152 valence electrons. The third-order valence-corrected chi connectivity index (χ3v) is 4.55. The minimum Gasteiger partial charge on any atom is -0.310 e. The SMILES string of the molecule is CC(=O)Nc1ncccc1-c1ccc(-n2nc(C(F)(F)F)cc2C2CC2)cc1.Cl. The van der Waals surface area contributed by atoms with Gasteiger partial charge >= 0.3 is 6.18 Å². The lowest BCUT2D eigenvalue weighted by molar-refractivity contribution is -0.141. The number of rotatable bonds is 4. The Morgan fingerprint density at radius 1 is 1.17 bits per heavy atom. The number of alkyl halides is 3. The van der Waals surface area contributed by atoms with E-state index in [1.807, 2.05) is 6.07 Å². The second kappa shape index (κ2) is 7.87. The number of nitrogens with one attached hydrogen (secondary N) is 1. The van der Waals surface area contributed by atoms with Gasteiger partial charge < -0.3 is 5.32 Å². The molecule has 1 aromatic carbocycles. The summed E-state index contributed by atoms with van der Waals surface area (Å²) in [5.41, 5.74) is 1.78. The molecule has 9 heteroatoms. The highest BCUT2D eigenvalue weighted by atomic mass is 35.5. The van der Waals surface area contributed by atoms with E-state index in [0.717, 1.165) is 30.0 Å². The predicted octanol–water partition coefficient (Wildman–Crippen LogP) is 5.21. The normalized spacial score (nSPS) is 13.7. The number of aromatic nitrogens is 3. The molecule has 0 radical (unpaired) electrons. The summed E-state index contributed by atoms with van der Waals surface area (Å²) < 4.78 is 40.7. The van der Waals surface area contributed by atoms with E-state index in [1.165, 1.54) is 11.6 Å². The van der Waals surface area contributed by atoms with Crippen molar-refractivity contribution in [2.75, 3.05) is 5.32 Å². The Morgan fingerprint density at radius 3 is 2.45 bits per heavy atom. The number of halogens is 4. The number of pyridine rings is 1. The summed E-state index contributed by atoms with van der Waals surface area (Å²) in [4.78, 5) is 15.5. The Morgan fingerprint density at radius 2 is 1.86 bits per heavy atom. The first-order valence-electron chi connectivity index (χ1n) is 8.83. The van der Waals surface area contributed by atoms with E-state index >= 15 is 0 Å². The summed E-state index contributed by atoms with van der Waals surface area (Å²) >= 11 is 0. The van der Waals surface area contributed by atoms with Gasteiger partial charge in [0.2, 0.25) is 5.91 Å². The Bertz CT molecular complexity index is 1030. The molecule has 29 heavy (non-hydrogen) atoms. The molecule has 1 aliphatic rings. The number of nitrogens with zero attached hydrogens (tertiary/aromatic N) is 3. The van der Waals surface area contributed by atoms with Gasteiger partial charge in [-0.1, -0.05) is 12.1 Å². The molecule has 1 aliphatic carbocycles. The zero-order valence-electron chi connectivity index (χ0n) is 15.4. The van der Waals surface area contributed by atoms with Crippen LogP contribution in [0.2, 0.25) is 0 Å². The molecule has 5 nitrogen and oxygen atoms in total. The van der Waals surface area contributed by atoms with E-state index in [1.54, 1.807) is 36.5 Å². The summed E-state index contributed by atoms with van der Waals surface area (Å²) in [6, 6.07) is 11.7. The molecule has 3 aromatic rings. The number of benzene rings is 1. The third kappa shape index (κ3) is 4.42. The van der Waals surface area contributed by atoms with Crippen LogP contribution in [-0.2, 0) is 11.0 Å². The van der Waals surface area contributed by atoms with Gasteiger partial charge in [-0.05, 0) is 48.7 Å². The fourth-order valence-electron chi connectivity index (χ4n) is 3.10. The zero-order chi connectivity index (χ0) is 19.9. The predicted molar refractivity (Wildman–Crippen MR) is 105 cm³/mol. The molecule has 2 heterocycles. The van der Waals surface area contributed by atoms with Crippen LogP contribution in [0.15, 0.2) is 48.7 Å². The van der Waals surface area contributed by atoms with Crippen LogP contribution >= 0.6 is 12.4 Å². The number of carbonyl (C=O) groups excluding carboxylic acids is 1. The molecule has 0 spiro atoms. The first kappa shape index (κ1) is 20.9. The van der Waals surface area contributed by atoms with Crippen molar-refractivity contribution in [3.05, 3.63) is 60.0 Å². The Kier molecular flexibility index (Phi) is 5.66. The fourth-order valence-corrected chi connectivity index (χ4v) is 3.10. The van der Waals surface area contributed by atoms with Crippen LogP contribution in [0.3, 0.4) is 0 Å². The fraction of sp³-hybridized carbons (Fsp3) is 0.250. The highest BCUT2D eigenvalue weighted by Crippen LogP contribution is 2.43. The summed E-state index contributed by atoms with van der Waals surface area (Å²) in [6.45, 7) is 1.40. The Hall–Kier alpha value is -2.87. The van der Waals surface area contributed by atoms with Crippen LogP contribution in [0.25, 0.3) is 16.8 Å². The van der Waals surface area contributed by atoms with Crippen molar-refractivity contribution in [1.29, 1.82) is 0 Å². The summed E-state index contributed by atoms with van der Waals surface area (Å²) in [6.07, 6.45) is -1.15. The number of anilines is 1. The molecule has 0 aliphatic heterocycles. The van der Waals surface area contributed by atoms with Gasteiger partial charge in [0, 0.05) is 30.3 Å². The van der Waals surface area contributed by atoms with Crippen molar-refractivity contribution in [2.45, 2.75) is 31.9 Å². The van der Waals surface area contributed by atoms with Gasteiger partial charge in [0.15, 0.2) is 5.69 Å². The van der Waals surface area contributed by atoms with E-state index in [2.05, 4.69) is 15.4 Å². The minimum absolute atomic E-state index is 0. The molecular formula is C20H18ClF3N4O. The van der Waals surface area contributed by atoms with Crippen molar-refractivity contribution < 1.29 is 18.0 Å². The number of hydrogen-bond donors (Lipinski definition) is 1. The molecule has 1 saturated carbocycles. The topological polar surface area (TPSA) is 59.8 Å². The van der Waals surface area contributed by atoms with Gasteiger partial charge in [-0.3, -0.25) is 4.79 Å². The van der Waals surface area contributed by atoms with Crippen molar-refractivity contribution in [2.24, 2.45) is 0 Å². The van der Waals surface area contributed by atoms with Gasteiger partial charge in [-0.2, -0.15) is 18.3 Å². The van der Waals surface area contributed by atoms with Crippen LogP contribution in [0.5, 0.6) is 0 Å². The highest BCUT2D eigenvalue weighted by Gasteiger charge is 2.38. The second-order valence-electron chi connectivity index (χ2n) is 6.77. The summed E-state index contributed by atoms with van der Waals surface area (Å²) in [5.74, 6) is 0.315. The monoisotopic (exact) mass is 422 g/mol. The smallest absolute Gasteiger partial charge is 0.310 e. The van der Waals surface area contributed by atoms with Gasteiger partial charge in [-0.15, -0.1) is 12.4 Å². The van der Waals surface area contributed by atoms with E-state index in [-0.39, 0.29) is 24.2 Å². The van der Waals surface area contributed by atoms with E-state index in [9.17, 15) is 18.0 Å². The van der Waals surface area contributed by atoms with Gasteiger partial charge in [0.25, 0.3) is 0 Å². The second-order valence-corrected chi connectivity index (χ2v) is 6.77. The summed E-state index contributed by atoms with van der Waals surface area (Å²) in [7, 11) is 0. The number of amides is 1. The first-order valence-corrected chi connectivity index (χ1v) is 8.83. The molecule has 1 N–H and O–H groups in total. The Labute approximate surface area is 171 Å². The maximum Gasteiger partial charge on any atom is 0.435 e. The molecule has 4 rings (SSSR count). The number of hydrogen-bond acceptors (Lipinski definition) is 3. The van der Waals surface area contributed by atoms with Gasteiger partial charge in [0.1, 0.15) is 5.82 Å². The first-order chi connectivity index (χ1) is 13.3. The molecule has 0 atom stereocenters. The van der Waals surface area contributed by atoms with Crippen LogP contribution in [-0.4, -0.2) is 20.7 Å². The lowest BCUT2D eigenvalue weighted by Gasteiger charge is -2.11. The average molecular weight is 423 g/mol. The van der Waals surface area contributed by atoms with E-state index in [0.29, 0.717) is 17.2 Å². The quantitative estimate of drug-likeness (QED) is 0.627. The molecular weight excluding hydrogens is 405 g/mol. The standard InChI is InChI=1S/C20H17F3N4O.ClH/c1-12(28)25-19-16(3-2-10-24-19)13-6-8-15(9-7-13)27-17(14-4-5-14)11-18(26-27)20(21,22)23;/h2-3,6-11,14H,4-5H2,1H3,(H,24,25,28);1H. The Balaban J connectivity index is 0.00000240.